The molecule has 0 aliphatic carbocycles. The molecule has 0 spiro atoms. The maximum atomic E-state index is 12.1. The van der Waals surface area contributed by atoms with E-state index in [0.717, 1.165) is 16.8 Å². The number of aryl methyl sites for hydroxylation is 2. The zero-order valence-corrected chi connectivity index (χ0v) is 14.5. The van der Waals surface area contributed by atoms with Gasteiger partial charge in [0.1, 0.15) is 0 Å². The minimum absolute atomic E-state index is 0.000268. The zero-order valence-electron chi connectivity index (χ0n) is 13.7. The van der Waals surface area contributed by atoms with E-state index in [1.165, 1.54) is 23.9 Å². The molecule has 0 saturated carbocycles. The third kappa shape index (κ3) is 3.97. The highest BCUT2D eigenvalue weighted by molar-refractivity contribution is 7.99. The van der Waals surface area contributed by atoms with E-state index in [4.69, 9.17) is 0 Å². The third-order valence-corrected chi connectivity index (χ3v) is 4.52. The van der Waals surface area contributed by atoms with E-state index in [-0.39, 0.29) is 17.3 Å². The molecule has 3 aromatic rings. The Morgan fingerprint density at radius 2 is 2.08 bits per heavy atom. The van der Waals surface area contributed by atoms with Crippen LogP contribution in [0, 0.1) is 24.0 Å². The number of nitrogens with one attached hydrogen (secondary N) is 2. The summed E-state index contributed by atoms with van der Waals surface area (Å²) in [6.07, 6.45) is 0. The van der Waals surface area contributed by atoms with Crippen molar-refractivity contribution >= 4 is 40.1 Å². The Kier molecular flexibility index (Phi) is 4.71. The van der Waals surface area contributed by atoms with E-state index in [0.29, 0.717) is 16.2 Å². The average molecular weight is 356 g/mol. The van der Waals surface area contributed by atoms with Gasteiger partial charge in [-0.25, -0.2) is 4.98 Å². The molecule has 25 heavy (non-hydrogen) atoms. The molecule has 1 heterocycles. The SMILES string of the molecule is Cc1ccc(NC(=O)CSc2nc3ccc([N+](=O)[O-])cc3[nH]2)c(C)c1. The first-order valence-electron chi connectivity index (χ1n) is 7.56. The Morgan fingerprint density at radius 3 is 2.80 bits per heavy atom. The molecule has 0 atom stereocenters. The van der Waals surface area contributed by atoms with Gasteiger partial charge in [-0.15, -0.1) is 0 Å². The van der Waals surface area contributed by atoms with Crippen molar-refractivity contribution < 1.29 is 9.72 Å². The predicted molar refractivity (Wildman–Crippen MR) is 98.0 cm³/mol. The van der Waals surface area contributed by atoms with Gasteiger partial charge < -0.3 is 10.3 Å². The van der Waals surface area contributed by atoms with Crippen molar-refractivity contribution in [2.75, 3.05) is 11.1 Å². The van der Waals surface area contributed by atoms with Crippen molar-refractivity contribution in [2.24, 2.45) is 0 Å². The summed E-state index contributed by atoms with van der Waals surface area (Å²) >= 11 is 1.25. The van der Waals surface area contributed by atoms with Crippen LogP contribution in [0.3, 0.4) is 0 Å². The molecule has 2 aromatic carbocycles. The summed E-state index contributed by atoms with van der Waals surface area (Å²) in [6, 6.07) is 10.3. The number of amides is 1. The Balaban J connectivity index is 1.65. The molecule has 0 aliphatic rings. The number of rotatable bonds is 5. The van der Waals surface area contributed by atoms with Gasteiger partial charge in [0.25, 0.3) is 5.69 Å². The maximum Gasteiger partial charge on any atom is 0.271 e. The number of non-ortho nitro benzene ring substituents is 1. The number of nitro benzene ring substituents is 1. The lowest BCUT2D eigenvalue weighted by Crippen LogP contribution is -2.14. The van der Waals surface area contributed by atoms with Gasteiger partial charge in [0.2, 0.25) is 5.91 Å². The molecule has 0 unspecified atom stereocenters. The van der Waals surface area contributed by atoms with E-state index in [9.17, 15) is 14.9 Å². The van der Waals surface area contributed by atoms with Crippen molar-refractivity contribution in [1.82, 2.24) is 9.97 Å². The van der Waals surface area contributed by atoms with Crippen molar-refractivity contribution in [1.29, 1.82) is 0 Å². The van der Waals surface area contributed by atoms with Crippen LogP contribution in [-0.2, 0) is 4.79 Å². The number of H-pyrrole nitrogens is 1. The van der Waals surface area contributed by atoms with Crippen LogP contribution in [0.4, 0.5) is 11.4 Å². The largest absolute Gasteiger partial charge is 0.333 e. The fourth-order valence-electron chi connectivity index (χ4n) is 2.43. The van der Waals surface area contributed by atoms with Crippen LogP contribution < -0.4 is 5.32 Å². The molecular formula is C17H16N4O3S. The molecular weight excluding hydrogens is 340 g/mol. The normalized spacial score (nSPS) is 10.8. The Bertz CT molecular complexity index is 968. The maximum absolute atomic E-state index is 12.1. The number of nitro groups is 1. The van der Waals surface area contributed by atoms with Gasteiger partial charge in [-0.3, -0.25) is 14.9 Å². The number of imidazole rings is 1. The highest BCUT2D eigenvalue weighted by atomic mass is 32.2. The number of benzene rings is 2. The van der Waals surface area contributed by atoms with Crippen LogP contribution in [-0.4, -0.2) is 26.6 Å². The number of carbonyl (C=O) groups is 1. The smallest absolute Gasteiger partial charge is 0.271 e. The lowest BCUT2D eigenvalue weighted by Gasteiger charge is -2.08. The number of hydrogen-bond donors (Lipinski definition) is 2. The second-order valence-electron chi connectivity index (χ2n) is 5.66. The molecule has 1 amide bonds. The number of thioether (sulfide) groups is 1. The summed E-state index contributed by atoms with van der Waals surface area (Å²) in [4.78, 5) is 29.8. The summed E-state index contributed by atoms with van der Waals surface area (Å²) < 4.78 is 0. The quantitative estimate of drug-likeness (QED) is 0.411. The highest BCUT2D eigenvalue weighted by Crippen LogP contribution is 2.23. The highest BCUT2D eigenvalue weighted by Gasteiger charge is 2.11. The number of carbonyl (C=O) groups excluding carboxylic acids is 1. The Morgan fingerprint density at radius 1 is 1.28 bits per heavy atom. The van der Waals surface area contributed by atoms with Crippen molar-refractivity contribution in [3.63, 3.8) is 0 Å². The van der Waals surface area contributed by atoms with E-state index >= 15 is 0 Å². The van der Waals surface area contributed by atoms with Crippen LogP contribution in [0.1, 0.15) is 11.1 Å². The lowest BCUT2D eigenvalue weighted by atomic mass is 10.1. The third-order valence-electron chi connectivity index (χ3n) is 3.65. The van der Waals surface area contributed by atoms with E-state index < -0.39 is 4.92 Å². The molecule has 0 aliphatic heterocycles. The predicted octanol–water partition coefficient (Wildman–Crippen LogP) is 3.82. The molecule has 8 heteroatoms. The van der Waals surface area contributed by atoms with E-state index in [1.54, 1.807) is 6.07 Å². The topological polar surface area (TPSA) is 101 Å². The molecule has 3 rings (SSSR count). The minimum atomic E-state index is -0.454. The summed E-state index contributed by atoms with van der Waals surface area (Å²) in [5.74, 6) is 0.0540. The van der Waals surface area contributed by atoms with Gasteiger partial charge in [-0.2, -0.15) is 0 Å². The summed E-state index contributed by atoms with van der Waals surface area (Å²) in [5.41, 5.74) is 4.14. The van der Waals surface area contributed by atoms with Crippen molar-refractivity contribution in [3.05, 3.63) is 57.6 Å². The average Bonchev–Trinajstić information content (AvgIpc) is 2.97. The fraction of sp³-hybridized carbons (Fsp3) is 0.176. The van der Waals surface area contributed by atoms with Crippen LogP contribution in [0.2, 0.25) is 0 Å². The van der Waals surface area contributed by atoms with Gasteiger partial charge in [0, 0.05) is 17.8 Å². The number of anilines is 1. The minimum Gasteiger partial charge on any atom is -0.333 e. The van der Waals surface area contributed by atoms with Gasteiger partial charge in [0.15, 0.2) is 5.16 Å². The molecule has 1 aromatic heterocycles. The van der Waals surface area contributed by atoms with Crippen LogP contribution in [0.25, 0.3) is 11.0 Å². The van der Waals surface area contributed by atoms with Crippen molar-refractivity contribution in [2.45, 2.75) is 19.0 Å². The van der Waals surface area contributed by atoms with Crippen LogP contribution in [0.15, 0.2) is 41.6 Å². The number of hydrogen-bond acceptors (Lipinski definition) is 5. The monoisotopic (exact) mass is 356 g/mol. The summed E-state index contributed by atoms with van der Waals surface area (Å²) in [6.45, 7) is 3.95. The van der Waals surface area contributed by atoms with Gasteiger partial charge in [-0.1, -0.05) is 29.5 Å². The number of fused-ring (bicyclic) bond motifs is 1. The number of aromatic nitrogens is 2. The van der Waals surface area contributed by atoms with Gasteiger partial charge >= 0.3 is 0 Å². The van der Waals surface area contributed by atoms with Crippen LogP contribution in [0.5, 0.6) is 0 Å². The second kappa shape index (κ2) is 6.94. The molecule has 128 valence electrons. The Hall–Kier alpha value is -2.87. The first-order valence-corrected chi connectivity index (χ1v) is 8.55. The molecule has 0 fully saturated rings. The second-order valence-corrected chi connectivity index (χ2v) is 6.62. The number of aromatic amines is 1. The molecule has 0 bridgehead atoms. The van der Waals surface area contributed by atoms with E-state index in [2.05, 4.69) is 15.3 Å². The Labute approximate surface area is 148 Å². The lowest BCUT2D eigenvalue weighted by molar-refractivity contribution is -0.384. The van der Waals surface area contributed by atoms with Crippen molar-refractivity contribution in [3.8, 4) is 0 Å². The van der Waals surface area contributed by atoms with Gasteiger partial charge in [-0.05, 0) is 31.5 Å². The first-order chi connectivity index (χ1) is 11.9. The summed E-state index contributed by atoms with van der Waals surface area (Å²) in [5, 5.41) is 14.2. The fourth-order valence-corrected chi connectivity index (χ4v) is 3.12. The summed E-state index contributed by atoms with van der Waals surface area (Å²) in [7, 11) is 0. The molecule has 7 nitrogen and oxygen atoms in total. The molecule has 0 saturated heterocycles. The van der Waals surface area contributed by atoms with E-state index in [1.807, 2.05) is 32.0 Å². The molecule has 0 radical (unpaired) electrons. The number of nitrogens with zero attached hydrogens (tertiary/aromatic N) is 2. The first kappa shape index (κ1) is 17.0. The zero-order chi connectivity index (χ0) is 18.0. The van der Waals surface area contributed by atoms with Gasteiger partial charge in [0.05, 0.1) is 21.7 Å². The standard InChI is InChI=1S/C17H16N4O3S/c1-10-3-5-13(11(2)7-10)18-16(22)9-25-17-19-14-6-4-12(21(23)24)8-15(14)20-17/h3-8H,9H2,1-2H3,(H,18,22)(H,19,20). The molecule has 2 N–H and O–H groups in total. The van der Waals surface area contributed by atoms with Crippen LogP contribution >= 0.6 is 11.8 Å².